The van der Waals surface area contributed by atoms with Crippen molar-refractivity contribution in [3.8, 4) is 58.6 Å². The fourth-order valence-electron chi connectivity index (χ4n) is 14.9. The first-order valence-electron chi connectivity index (χ1n) is 47.3. The van der Waals surface area contributed by atoms with Crippen LogP contribution in [0.15, 0.2) is 218 Å². The molecule has 5 heterocycles. The summed E-state index contributed by atoms with van der Waals surface area (Å²) in [6.07, 6.45) is -3.55. The second kappa shape index (κ2) is 54.3. The fourth-order valence-corrected chi connectivity index (χ4v) is 19.6. The molecule has 0 aliphatic carbocycles. The summed E-state index contributed by atoms with van der Waals surface area (Å²) in [5.74, 6) is -0.700. The molecule has 0 radical (unpaired) electrons. The highest BCUT2D eigenvalue weighted by molar-refractivity contribution is 7.16. The van der Waals surface area contributed by atoms with Crippen LogP contribution in [0.25, 0.3) is 52.9 Å². The third kappa shape index (κ3) is 36.6. The Hall–Kier alpha value is -12.9. The number of aromatic nitrogens is 10. The van der Waals surface area contributed by atoms with Crippen LogP contribution in [0.1, 0.15) is 223 Å². The highest BCUT2D eigenvalue weighted by Crippen LogP contribution is 2.43. The van der Waals surface area contributed by atoms with Gasteiger partial charge in [0.1, 0.15) is 61.4 Å². The molecule has 768 valence electrons. The van der Waals surface area contributed by atoms with Crippen LogP contribution in [0.4, 0.5) is 44.3 Å². The molecule has 37 heteroatoms. The van der Waals surface area contributed by atoms with Gasteiger partial charge in [-0.05, 0) is 187 Å². The first-order chi connectivity index (χ1) is 68.9. The number of amides is 4. The predicted octanol–water partition coefficient (Wildman–Crippen LogP) is 26.8. The van der Waals surface area contributed by atoms with Crippen molar-refractivity contribution in [2.24, 2.45) is 0 Å². The Morgan fingerprint density at radius 2 is 0.814 bits per heavy atom. The number of nitrogens with one attached hydrogen (secondary N) is 3. The third-order valence-electron chi connectivity index (χ3n) is 22.6. The van der Waals surface area contributed by atoms with E-state index < -0.39 is 47.6 Å². The van der Waals surface area contributed by atoms with E-state index in [0.717, 1.165) is 151 Å². The van der Waals surface area contributed by atoms with Crippen molar-refractivity contribution in [3.63, 3.8) is 0 Å². The first-order valence-corrected chi connectivity index (χ1v) is 51.3. The van der Waals surface area contributed by atoms with Crippen molar-refractivity contribution < 1.29 is 72.9 Å². The molecule has 3 N–H and O–H groups in total. The van der Waals surface area contributed by atoms with E-state index in [-0.39, 0.29) is 64.2 Å². The summed E-state index contributed by atoms with van der Waals surface area (Å²) in [7, 11) is 7.37. The number of unbranched alkanes of at least 4 members (excludes halogenated alkanes) is 2. The topological polar surface area (TPSA) is 282 Å². The zero-order valence-corrected chi connectivity index (χ0v) is 87.8. The molecule has 0 fully saturated rings. The van der Waals surface area contributed by atoms with E-state index in [1.54, 1.807) is 36.4 Å². The summed E-state index contributed by atoms with van der Waals surface area (Å²) in [5.41, 5.74) is 11.7. The standard InChI is InChI=1S/C23H21F6N3OS.C22H22F3N3O2S.C22H26N4OS.C22H25N3OS.C19H27N3O2S/c1-4-14-5-7-15(8-6-14)9-19(32(3)13(2)33)21-31-30-20(34-21)16-10-17(22(24,25)26)12-18(11-16)23(27,28)29;1-4-15-8-10-16(11-9-15)12-19(28(3)14(2)29)21-27-26-20(31-21)17-6-5-7-18(13-17)30-22(23,24)25;1-15-6-5-7-19(12-15)21-24-25-22(28-21)20(23-16(2)27)13-17-8-10-18(11-9-17)14-26(3)4;1-3-5-17-8-10-18(11-9-17)13-20(14-26-15-23)22-25-24-21(27-22)19-7-4-6-16(2)12-19;1-5-6-8-13-15(20-18(23)24-19(2,3)4)17-22-21-16(25-17)14-11-9-7-10-12-14/h5-8,10-12,19H,4,9H2,1-3H3;5-11,13,19H,4,12H2,1-3H3;5-12,20H,13-14H2,1-4H3,(H,23,27);4,6-12,15,20,23H,3,5,13-14H2,1-2H3;7,9-12,15H,5-6,8,13H2,1-4H3,(H,20,23). The van der Waals surface area contributed by atoms with E-state index in [4.69, 9.17) is 14.9 Å². The molecule has 0 spiro atoms. The molecule has 0 bridgehead atoms. The number of alkyl halides is 9. The van der Waals surface area contributed by atoms with Gasteiger partial charge in [-0.25, -0.2) is 4.79 Å². The van der Waals surface area contributed by atoms with Gasteiger partial charge in [-0.3, -0.25) is 19.8 Å². The van der Waals surface area contributed by atoms with Gasteiger partial charge >= 0.3 is 24.8 Å². The molecule has 145 heavy (non-hydrogen) atoms. The minimum atomic E-state index is -4.97. The lowest BCUT2D eigenvalue weighted by molar-refractivity contribution is -0.274. The molecule has 23 nitrogen and oxygen atoms in total. The zero-order valence-electron chi connectivity index (χ0n) is 83.8. The van der Waals surface area contributed by atoms with Gasteiger partial charge in [-0.15, -0.1) is 64.2 Å². The zero-order chi connectivity index (χ0) is 105. The molecule has 0 aliphatic rings. The first kappa shape index (κ1) is 114. The lowest BCUT2D eigenvalue weighted by Crippen LogP contribution is -2.35. The lowest BCUT2D eigenvalue weighted by atomic mass is 9.99. The molecule has 14 rings (SSSR count). The minimum Gasteiger partial charge on any atom is -0.483 e. The molecule has 5 unspecified atom stereocenters. The summed E-state index contributed by atoms with van der Waals surface area (Å²) in [5, 5.41) is 62.1. The molecule has 14 aromatic rings. The van der Waals surface area contributed by atoms with E-state index in [9.17, 15) is 58.7 Å². The Labute approximate surface area is 860 Å². The normalized spacial score (nSPS) is 12.5. The number of alkyl carbamates (subject to hydrolysis) is 1. The lowest BCUT2D eigenvalue weighted by Gasteiger charge is -2.25. The molecule has 9 aromatic carbocycles. The van der Waals surface area contributed by atoms with Gasteiger partial charge in [0, 0.05) is 69.2 Å². The molecule has 5 aromatic heterocycles. The summed E-state index contributed by atoms with van der Waals surface area (Å²) >= 11 is 6.75. The number of carbonyl (C=O) groups excluding carboxylic acids is 4. The van der Waals surface area contributed by atoms with E-state index in [1.807, 2.05) is 113 Å². The van der Waals surface area contributed by atoms with Crippen molar-refractivity contribution in [2.75, 3.05) is 34.8 Å². The number of ether oxygens (including phenoxy) is 3. The van der Waals surface area contributed by atoms with Crippen LogP contribution in [0.5, 0.6) is 5.75 Å². The Morgan fingerprint density at radius 3 is 1.24 bits per heavy atom. The smallest absolute Gasteiger partial charge is 0.483 e. The quantitative estimate of drug-likeness (QED) is 0.0142. The molecular formula is C108H121F9N16O7S5. The number of hydrogen-bond acceptors (Lipinski definition) is 24. The van der Waals surface area contributed by atoms with Crippen molar-refractivity contribution in [1.82, 2.24) is 76.3 Å². The van der Waals surface area contributed by atoms with E-state index in [1.165, 1.54) is 111 Å². The van der Waals surface area contributed by atoms with Gasteiger partial charge in [0.2, 0.25) is 17.7 Å². The number of aryl methyl sites for hydroxylation is 5. The number of hydrogen-bond donors (Lipinski definition) is 3. The maximum atomic E-state index is 13.2. The minimum absolute atomic E-state index is 0.0672. The third-order valence-corrected chi connectivity index (χ3v) is 28.1. The molecule has 4 amide bonds. The number of rotatable bonds is 36. The van der Waals surface area contributed by atoms with Gasteiger partial charge in [0.05, 0.1) is 47.8 Å². The van der Waals surface area contributed by atoms with Crippen LogP contribution in [0.2, 0.25) is 0 Å². The van der Waals surface area contributed by atoms with Crippen molar-refractivity contribution in [3.05, 3.63) is 310 Å². The number of benzene rings is 9. The van der Waals surface area contributed by atoms with Crippen molar-refractivity contribution in [2.45, 2.75) is 221 Å². The maximum absolute atomic E-state index is 13.2. The predicted molar refractivity (Wildman–Crippen MR) is 556 cm³/mol. The number of nitrogens with zero attached hydrogens (tertiary/aromatic N) is 13. The highest BCUT2D eigenvalue weighted by Gasteiger charge is 2.39. The van der Waals surface area contributed by atoms with E-state index >= 15 is 0 Å². The van der Waals surface area contributed by atoms with Crippen LogP contribution < -0.4 is 15.4 Å². The van der Waals surface area contributed by atoms with Crippen molar-refractivity contribution >= 4 is 86.9 Å². The van der Waals surface area contributed by atoms with Gasteiger partial charge in [0.15, 0.2) is 6.40 Å². The summed E-state index contributed by atoms with van der Waals surface area (Å²) < 4.78 is 132. The summed E-state index contributed by atoms with van der Waals surface area (Å²) in [6, 6.07) is 65.3. The second-order valence-corrected chi connectivity index (χ2v) is 40.9. The van der Waals surface area contributed by atoms with E-state index in [0.29, 0.717) is 58.6 Å². The van der Waals surface area contributed by atoms with Crippen LogP contribution >= 0.6 is 56.7 Å². The number of halogens is 9. The maximum Gasteiger partial charge on any atom is 0.573 e. The van der Waals surface area contributed by atoms with Crippen LogP contribution in [0.3, 0.4) is 0 Å². The molecule has 0 aliphatic heterocycles. The van der Waals surface area contributed by atoms with Gasteiger partial charge < -0.3 is 39.5 Å². The second-order valence-electron chi connectivity index (χ2n) is 35.9. The molecule has 5 atom stereocenters. The monoisotopic (exact) mass is 2080 g/mol. The van der Waals surface area contributed by atoms with Gasteiger partial charge in [-0.2, -0.15) is 26.3 Å². The van der Waals surface area contributed by atoms with Crippen LogP contribution in [0, 0.1) is 19.3 Å². The van der Waals surface area contributed by atoms with Crippen LogP contribution in [-0.4, -0.2) is 143 Å². The SMILES string of the molecule is CC(=O)NC(Cc1ccc(CN(C)C)cc1)c1nnc(-c2cccc(C)c2)s1.CCCCCC(NC(=O)OC(C)(C)C)c1nnc(-c2ccccc2)s1.CCCc1ccc(CC(COC=N)c2nnc(-c3cccc(C)c3)s2)cc1.CCc1ccc(CC(c2nnc(-c3cc(C(F)(F)F)cc(C(F)(F)F)c3)s2)N(C)C(C)=O)cc1.CCc1ccc(CC(c2nnc(-c3cccc(OC(F)(F)F)c3)s2)N(C)C(C)=O)cc1. The summed E-state index contributed by atoms with van der Waals surface area (Å²) in [4.78, 5) is 53.2. The summed E-state index contributed by atoms with van der Waals surface area (Å²) in [6.45, 7) is 23.9. The largest absolute Gasteiger partial charge is 0.573 e. The Bertz CT molecular complexity index is 6420. The number of carbonyl (C=O) groups is 4. The molecule has 0 saturated heterocycles. The van der Waals surface area contributed by atoms with Crippen LogP contribution in [-0.2, 0) is 87.7 Å². The molecule has 0 saturated carbocycles. The number of likely N-dealkylation sites (N-methyl/N-ethyl adjacent to an activating group) is 2. The Kier molecular flexibility index (Phi) is 42.7. The van der Waals surface area contributed by atoms with Gasteiger partial charge in [-0.1, -0.05) is 297 Å². The van der Waals surface area contributed by atoms with Crippen molar-refractivity contribution in [1.29, 1.82) is 5.41 Å². The van der Waals surface area contributed by atoms with E-state index in [2.05, 4.69) is 211 Å². The van der Waals surface area contributed by atoms with Gasteiger partial charge in [0.25, 0.3) is 0 Å². The Balaban J connectivity index is 0.000000187. The average Bonchev–Trinajstić information content (AvgIpc) is 1.78. The molecular weight excluding hydrogens is 1960 g/mol. The highest BCUT2D eigenvalue weighted by atomic mass is 32.1. The fraction of sp³-hybridized carbons (Fsp3) is 0.361. The average molecular weight is 2090 g/mol. The Morgan fingerprint density at radius 1 is 0.414 bits per heavy atom.